The quantitative estimate of drug-likeness (QED) is 0.103. The van der Waals surface area contributed by atoms with Gasteiger partial charge >= 0.3 is 0 Å². The Balaban J connectivity index is 0.000000149. The number of nitrogens with one attached hydrogen (secondary N) is 3. The van der Waals surface area contributed by atoms with E-state index in [4.69, 9.17) is 38.0 Å². The third-order valence-electron chi connectivity index (χ3n) is 19.0. The van der Waals surface area contributed by atoms with Crippen molar-refractivity contribution in [1.29, 1.82) is 10.5 Å². The van der Waals surface area contributed by atoms with E-state index >= 15 is 4.39 Å². The van der Waals surface area contributed by atoms with E-state index in [1.807, 2.05) is 50.8 Å². The molecule has 7 aliphatic heterocycles. The molecule has 11 heterocycles. The minimum absolute atomic E-state index is 0.201. The zero-order chi connectivity index (χ0) is 62.6. The van der Waals surface area contributed by atoms with E-state index in [0.29, 0.717) is 107 Å². The summed E-state index contributed by atoms with van der Waals surface area (Å²) in [5.41, 5.74) is 7.89. The Morgan fingerprint density at radius 3 is 1.75 bits per heavy atom. The van der Waals surface area contributed by atoms with Crippen LogP contribution in [0, 0.1) is 76.0 Å². The first-order valence-corrected chi connectivity index (χ1v) is 32.9. The van der Waals surface area contributed by atoms with Gasteiger partial charge in [-0.2, -0.15) is 20.5 Å². The fraction of sp³-hybridized carbons (Fsp3) is 0.647. The highest BCUT2D eigenvalue weighted by atomic mass is 19.1. The normalized spacial score (nSPS) is 25.1. The summed E-state index contributed by atoms with van der Waals surface area (Å²) in [6.45, 7) is 25.2. The van der Waals surface area contributed by atoms with Crippen LogP contribution in [0.15, 0.2) is 33.3 Å². The van der Waals surface area contributed by atoms with E-state index in [1.165, 1.54) is 19.3 Å². The first-order valence-electron chi connectivity index (χ1n) is 32.9. The summed E-state index contributed by atoms with van der Waals surface area (Å²) in [6, 6.07) is 13.2. The van der Waals surface area contributed by atoms with Gasteiger partial charge in [0.2, 0.25) is 0 Å². The minimum Gasteiger partial charge on any atom is -0.381 e. The van der Waals surface area contributed by atoms with Crippen LogP contribution < -0.4 is 25.8 Å². The smallest absolute Gasteiger partial charge is 0.261 e. The van der Waals surface area contributed by atoms with Crippen molar-refractivity contribution in [2.45, 2.75) is 194 Å². The average Bonchev–Trinajstić information content (AvgIpc) is 2.23. The molecule has 19 nitrogen and oxygen atoms in total. The molecule has 4 aromatic heterocycles. The van der Waals surface area contributed by atoms with Crippen LogP contribution in [-0.2, 0) is 18.9 Å². The molecular weight excluding hydrogens is 1130 g/mol. The molecule has 0 aliphatic carbocycles. The van der Waals surface area contributed by atoms with Crippen molar-refractivity contribution in [2.75, 3.05) is 88.7 Å². The number of aryl methyl sites for hydroxylation is 6. The maximum atomic E-state index is 15.4. The standard InChI is InChI=1S/C26H32N6O2.C25H29FN6O2.C11H20FNO.C6H12O/c1-15-10-19(13-27)24-22(11-15)17(3)23(26-29-18(4)31-34-26)25(30-24)32-8-7-20(12-16(32)2)28-14-21-6-5-9-33-21;1-14-10-17(12-27)23-19(11-14)15(2)22(25-28-16(3)31-34-25)24(30-23)32-7-4-21(20(26)13-32)29-18-5-8-33-9-6-18;12-11-8-13-4-1-10(11)7-9-2-5-14-6-3-9;1-2-6-4-3-5-7-6/h10-11,16,20-21,28H,5-9,12,14H2,1-4H3;10-11,18,20-21,29H,4-9,13H2,1-3H3;9-11,13H,1-8H2;6H,2-5H2,1H3/t16-,20-,21+;20-,21+;10-,11-;6-/m1001/s1. The molecule has 0 unspecified atom stereocenters. The molecule has 0 radical (unpaired) electrons. The SMILES string of the molecule is CC[C@@H]1CCCO1.Cc1cc(C#N)c2nc(N3CC[C@@H](NC4CCOCC4)[C@@H](F)C3)c(-c3nc(C)no3)c(C)c2c1.Cc1cc(C#N)c2nc(N3CC[C@@H](NC[C@@H]4CCCO4)C[C@H]3C)c(-c3nc(C)no3)c(C)c2c1.F[C@H]1CNCC[C@H]1CC1CCOCC1. The first kappa shape index (κ1) is 65.6. The van der Waals surface area contributed by atoms with E-state index in [0.717, 1.165) is 173 Å². The van der Waals surface area contributed by atoms with Gasteiger partial charge in [0.1, 0.15) is 36.1 Å². The average molecular weight is 1230 g/mol. The third-order valence-corrected chi connectivity index (χ3v) is 19.0. The number of pyridine rings is 2. The number of rotatable bonds is 12. The fourth-order valence-electron chi connectivity index (χ4n) is 14.0. The van der Waals surface area contributed by atoms with Crippen molar-refractivity contribution in [3.05, 3.63) is 69.3 Å². The second-order valence-electron chi connectivity index (χ2n) is 25.6. The lowest BCUT2D eigenvalue weighted by atomic mass is 9.83. The summed E-state index contributed by atoms with van der Waals surface area (Å²) in [4.78, 5) is 23.3. The molecule has 21 heteroatoms. The number of hydrogen-bond acceptors (Lipinski definition) is 19. The van der Waals surface area contributed by atoms with Crippen molar-refractivity contribution in [2.24, 2.45) is 11.8 Å². The largest absolute Gasteiger partial charge is 0.381 e. The Kier molecular flexibility index (Phi) is 23.0. The summed E-state index contributed by atoms with van der Waals surface area (Å²) in [5.74, 6) is 4.37. The number of aromatic nitrogens is 6. The molecule has 0 saturated carbocycles. The number of hydrogen-bond donors (Lipinski definition) is 3. The molecule has 7 fully saturated rings. The molecule has 2 aromatic carbocycles. The van der Waals surface area contributed by atoms with Gasteiger partial charge in [-0.25, -0.2) is 18.7 Å². The molecule has 3 N–H and O–H groups in total. The van der Waals surface area contributed by atoms with Crippen LogP contribution in [0.5, 0.6) is 0 Å². The zero-order valence-electron chi connectivity index (χ0n) is 53.6. The third kappa shape index (κ3) is 16.4. The van der Waals surface area contributed by atoms with Gasteiger partial charge in [-0.1, -0.05) is 17.2 Å². The fourth-order valence-corrected chi connectivity index (χ4v) is 14.0. The second kappa shape index (κ2) is 31.1. The Labute approximate surface area is 523 Å². The number of anilines is 2. The van der Waals surface area contributed by atoms with Crippen LogP contribution in [-0.4, -0.2) is 158 Å². The van der Waals surface area contributed by atoms with Crippen LogP contribution in [0.4, 0.5) is 20.4 Å². The van der Waals surface area contributed by atoms with Gasteiger partial charge in [-0.05, 0) is 203 Å². The monoisotopic (exact) mass is 1230 g/mol. The molecule has 0 spiro atoms. The predicted molar refractivity (Wildman–Crippen MR) is 341 cm³/mol. The van der Waals surface area contributed by atoms with Crippen molar-refractivity contribution in [3.63, 3.8) is 0 Å². The highest BCUT2D eigenvalue weighted by Crippen LogP contribution is 2.41. The lowest BCUT2D eigenvalue weighted by molar-refractivity contribution is 0.0480. The Bertz CT molecular complexity index is 3380. The molecular formula is C68H93F2N13O6. The molecule has 13 rings (SSSR count). The van der Waals surface area contributed by atoms with E-state index in [2.05, 4.69) is 80.1 Å². The molecule has 89 heavy (non-hydrogen) atoms. The van der Waals surface area contributed by atoms with E-state index in [-0.39, 0.29) is 18.6 Å². The highest BCUT2D eigenvalue weighted by Gasteiger charge is 2.36. The number of piperidine rings is 3. The van der Waals surface area contributed by atoms with Crippen LogP contribution >= 0.6 is 0 Å². The number of ether oxygens (including phenoxy) is 4. The van der Waals surface area contributed by atoms with Crippen LogP contribution in [0.2, 0.25) is 0 Å². The van der Waals surface area contributed by atoms with Crippen LogP contribution in [0.1, 0.15) is 149 Å². The van der Waals surface area contributed by atoms with Crippen molar-refractivity contribution in [3.8, 4) is 35.0 Å². The number of nitrogens with zero attached hydrogens (tertiary/aromatic N) is 10. The number of benzene rings is 2. The number of fused-ring (bicyclic) bond motifs is 2. The summed E-state index contributed by atoms with van der Waals surface area (Å²) in [6.07, 6.45) is 14.2. The van der Waals surface area contributed by atoms with Gasteiger partial charge in [0.25, 0.3) is 11.8 Å². The van der Waals surface area contributed by atoms with Gasteiger partial charge in [0.05, 0.1) is 52.0 Å². The molecule has 7 saturated heterocycles. The van der Waals surface area contributed by atoms with Gasteiger partial charge in [0.15, 0.2) is 11.6 Å². The molecule has 0 bridgehead atoms. The molecule has 6 aromatic rings. The van der Waals surface area contributed by atoms with Crippen LogP contribution in [0.3, 0.4) is 0 Å². The van der Waals surface area contributed by atoms with Crippen molar-refractivity contribution in [1.82, 2.24) is 46.2 Å². The topological polar surface area (TPSA) is 231 Å². The predicted octanol–water partition coefficient (Wildman–Crippen LogP) is 11.3. The Morgan fingerprint density at radius 2 is 1.24 bits per heavy atom. The number of alkyl halides is 2. The number of nitriles is 2. The molecule has 480 valence electrons. The number of halogens is 2. The Hall–Kier alpha value is -6.30. The maximum Gasteiger partial charge on any atom is 0.261 e. The lowest BCUT2D eigenvalue weighted by Crippen LogP contribution is -2.54. The van der Waals surface area contributed by atoms with E-state index in [1.54, 1.807) is 6.92 Å². The van der Waals surface area contributed by atoms with E-state index in [9.17, 15) is 14.9 Å². The molecule has 8 atom stereocenters. The second-order valence-corrected chi connectivity index (χ2v) is 25.6. The van der Waals surface area contributed by atoms with Gasteiger partial charge in [0, 0.05) is 101 Å². The molecule has 7 aliphatic rings. The minimum atomic E-state index is -1.06. The van der Waals surface area contributed by atoms with Crippen molar-refractivity contribution >= 4 is 33.4 Å². The summed E-state index contributed by atoms with van der Waals surface area (Å²) in [7, 11) is 0. The van der Waals surface area contributed by atoms with Gasteiger partial charge < -0.3 is 53.7 Å². The van der Waals surface area contributed by atoms with Crippen LogP contribution in [0.25, 0.3) is 44.7 Å². The Morgan fingerprint density at radius 1 is 0.652 bits per heavy atom. The van der Waals surface area contributed by atoms with Crippen molar-refractivity contribution < 1.29 is 36.8 Å². The first-order chi connectivity index (χ1) is 43.2. The summed E-state index contributed by atoms with van der Waals surface area (Å²) < 4.78 is 61.9. The summed E-state index contributed by atoms with van der Waals surface area (Å²) >= 11 is 0. The highest BCUT2D eigenvalue weighted by molar-refractivity contribution is 5.97. The van der Waals surface area contributed by atoms with Gasteiger partial charge in [-0.15, -0.1) is 0 Å². The van der Waals surface area contributed by atoms with Gasteiger partial charge in [-0.3, -0.25) is 0 Å². The zero-order valence-corrected chi connectivity index (χ0v) is 53.6. The maximum absolute atomic E-state index is 15.4. The molecule has 0 amide bonds. The summed E-state index contributed by atoms with van der Waals surface area (Å²) in [5, 5.41) is 39.7. The van der Waals surface area contributed by atoms with E-state index < -0.39 is 12.3 Å². The lowest BCUT2D eigenvalue weighted by Gasteiger charge is -2.40.